The fourth-order valence-corrected chi connectivity index (χ4v) is 1.46. The van der Waals surface area contributed by atoms with E-state index in [1.54, 1.807) is 24.4 Å². The molecule has 2 aromatic rings. The van der Waals surface area contributed by atoms with E-state index in [9.17, 15) is 4.79 Å². The van der Waals surface area contributed by atoms with Crippen molar-refractivity contribution in [2.24, 2.45) is 0 Å². The van der Waals surface area contributed by atoms with Crippen molar-refractivity contribution in [3.8, 4) is 5.75 Å². The van der Waals surface area contributed by atoms with Crippen molar-refractivity contribution in [1.82, 2.24) is 4.98 Å². The van der Waals surface area contributed by atoms with Crippen molar-refractivity contribution in [3.63, 3.8) is 0 Å². The molecule has 1 heterocycles. The lowest BCUT2D eigenvalue weighted by atomic mass is 10.3. The van der Waals surface area contributed by atoms with Gasteiger partial charge in [-0.3, -0.25) is 4.98 Å². The van der Waals surface area contributed by atoms with Gasteiger partial charge in [-0.25, -0.2) is 4.79 Å². The number of anilines is 2. The number of nitrogens with zero attached hydrogens (tertiary/aromatic N) is 1. The lowest BCUT2D eigenvalue weighted by molar-refractivity contribution is 0.262. The highest BCUT2D eigenvalue weighted by atomic mass is 16.5. The number of amides is 2. The summed E-state index contributed by atoms with van der Waals surface area (Å²) < 4.78 is 5.11. The van der Waals surface area contributed by atoms with Gasteiger partial charge in [0.2, 0.25) is 0 Å². The van der Waals surface area contributed by atoms with E-state index in [1.165, 1.54) is 13.3 Å². The van der Waals surface area contributed by atoms with E-state index in [0.717, 1.165) is 5.69 Å². The number of pyridine rings is 1. The molecule has 2 amide bonds. The number of hydrogen-bond acceptors (Lipinski definition) is 3. The molecule has 92 valence electrons. The fraction of sp³-hybridized carbons (Fsp3) is 0.0769. The first kappa shape index (κ1) is 11.9. The van der Waals surface area contributed by atoms with Gasteiger partial charge in [-0.05, 0) is 12.1 Å². The molecule has 0 atom stereocenters. The Labute approximate surface area is 105 Å². The van der Waals surface area contributed by atoms with E-state index < -0.39 is 0 Å². The van der Waals surface area contributed by atoms with Crippen LogP contribution in [0.4, 0.5) is 16.2 Å². The van der Waals surface area contributed by atoms with Gasteiger partial charge >= 0.3 is 6.03 Å². The van der Waals surface area contributed by atoms with Gasteiger partial charge in [-0.15, -0.1) is 0 Å². The van der Waals surface area contributed by atoms with Crippen LogP contribution in [0.1, 0.15) is 0 Å². The number of aromatic nitrogens is 1. The Bertz CT molecular complexity index is 529. The molecule has 0 saturated heterocycles. The number of para-hydroxylation sites is 1. The van der Waals surface area contributed by atoms with E-state index in [2.05, 4.69) is 15.6 Å². The predicted molar refractivity (Wildman–Crippen MR) is 69.9 cm³/mol. The van der Waals surface area contributed by atoms with Crippen molar-refractivity contribution in [2.45, 2.75) is 0 Å². The van der Waals surface area contributed by atoms with Gasteiger partial charge in [-0.2, -0.15) is 0 Å². The van der Waals surface area contributed by atoms with Gasteiger partial charge < -0.3 is 15.4 Å². The number of benzene rings is 1. The monoisotopic (exact) mass is 243 g/mol. The minimum Gasteiger partial charge on any atom is -0.494 e. The van der Waals surface area contributed by atoms with Gasteiger partial charge in [0.05, 0.1) is 13.3 Å². The summed E-state index contributed by atoms with van der Waals surface area (Å²) in [6.45, 7) is 0. The maximum atomic E-state index is 11.7. The summed E-state index contributed by atoms with van der Waals surface area (Å²) in [6.07, 6.45) is 3.13. The molecule has 0 bridgehead atoms. The first-order chi connectivity index (χ1) is 8.79. The first-order valence-electron chi connectivity index (χ1n) is 5.40. The van der Waals surface area contributed by atoms with Crippen LogP contribution in [0.5, 0.6) is 5.75 Å². The highest BCUT2D eigenvalue weighted by molar-refractivity contribution is 6.00. The topological polar surface area (TPSA) is 63.2 Å². The van der Waals surface area contributed by atoms with E-state index in [4.69, 9.17) is 4.74 Å². The molecule has 0 aliphatic carbocycles. The SMILES string of the molecule is COc1ccncc1NC(=O)Nc1ccccc1. The molecule has 1 aromatic carbocycles. The number of carbonyl (C=O) groups is 1. The molecule has 2 N–H and O–H groups in total. The second kappa shape index (κ2) is 5.67. The van der Waals surface area contributed by atoms with Crippen molar-refractivity contribution in [2.75, 3.05) is 17.7 Å². The molecule has 0 saturated carbocycles. The van der Waals surface area contributed by atoms with Crippen LogP contribution in [0.15, 0.2) is 48.8 Å². The Morgan fingerprint density at radius 3 is 2.67 bits per heavy atom. The third-order valence-corrected chi connectivity index (χ3v) is 2.28. The molecule has 2 rings (SSSR count). The van der Waals surface area contributed by atoms with Crippen molar-refractivity contribution < 1.29 is 9.53 Å². The zero-order chi connectivity index (χ0) is 12.8. The molecule has 0 spiro atoms. The van der Waals surface area contributed by atoms with Crippen molar-refractivity contribution >= 4 is 17.4 Å². The number of nitrogens with one attached hydrogen (secondary N) is 2. The van der Waals surface area contributed by atoms with Crippen LogP contribution < -0.4 is 15.4 Å². The van der Waals surface area contributed by atoms with Crippen LogP contribution in [0.3, 0.4) is 0 Å². The lowest BCUT2D eigenvalue weighted by Gasteiger charge is -2.10. The molecule has 0 aliphatic heterocycles. The van der Waals surface area contributed by atoms with Crippen LogP contribution in [0, 0.1) is 0 Å². The average Bonchev–Trinajstić information content (AvgIpc) is 2.40. The Balaban J connectivity index is 2.03. The van der Waals surface area contributed by atoms with Crippen LogP contribution in [0.25, 0.3) is 0 Å². The minimum absolute atomic E-state index is 0.340. The summed E-state index contributed by atoms with van der Waals surface area (Å²) in [5, 5.41) is 5.38. The Morgan fingerprint density at radius 2 is 1.94 bits per heavy atom. The van der Waals surface area contributed by atoms with Gasteiger partial charge in [0.25, 0.3) is 0 Å². The highest BCUT2D eigenvalue weighted by Crippen LogP contribution is 2.21. The maximum Gasteiger partial charge on any atom is 0.323 e. The Morgan fingerprint density at radius 1 is 1.17 bits per heavy atom. The summed E-state index contributed by atoms with van der Waals surface area (Å²) in [5.41, 5.74) is 1.24. The molecule has 0 fully saturated rings. The third-order valence-electron chi connectivity index (χ3n) is 2.28. The lowest BCUT2D eigenvalue weighted by Crippen LogP contribution is -2.19. The Kier molecular flexibility index (Phi) is 3.76. The molecule has 5 heteroatoms. The summed E-state index contributed by atoms with van der Waals surface area (Å²) in [7, 11) is 1.54. The largest absolute Gasteiger partial charge is 0.494 e. The number of ether oxygens (including phenoxy) is 1. The molecular formula is C13H13N3O2. The number of carbonyl (C=O) groups excluding carboxylic acids is 1. The average molecular weight is 243 g/mol. The Hall–Kier alpha value is -2.56. The van der Waals surface area contributed by atoms with Crippen LogP contribution >= 0.6 is 0 Å². The summed E-state index contributed by atoms with van der Waals surface area (Å²) >= 11 is 0. The molecule has 5 nitrogen and oxygen atoms in total. The molecule has 1 aromatic heterocycles. The summed E-state index contributed by atoms with van der Waals surface area (Å²) in [4.78, 5) is 15.7. The third kappa shape index (κ3) is 2.98. The molecule has 0 aliphatic rings. The van der Waals surface area contributed by atoms with Crippen molar-refractivity contribution in [3.05, 3.63) is 48.8 Å². The maximum absolute atomic E-state index is 11.7. The van der Waals surface area contributed by atoms with E-state index in [-0.39, 0.29) is 6.03 Å². The van der Waals surface area contributed by atoms with Gasteiger partial charge in [0, 0.05) is 18.0 Å². The van der Waals surface area contributed by atoms with E-state index in [1.807, 2.05) is 18.2 Å². The van der Waals surface area contributed by atoms with E-state index >= 15 is 0 Å². The number of rotatable bonds is 3. The number of methoxy groups -OCH3 is 1. The smallest absolute Gasteiger partial charge is 0.323 e. The standard InChI is InChI=1S/C13H13N3O2/c1-18-12-7-8-14-9-11(12)16-13(17)15-10-5-3-2-4-6-10/h2-9H,1H3,(H2,15,16,17). The van der Waals surface area contributed by atoms with Crippen LogP contribution in [-0.2, 0) is 0 Å². The fourth-order valence-electron chi connectivity index (χ4n) is 1.46. The second-order valence-electron chi connectivity index (χ2n) is 3.52. The summed E-state index contributed by atoms with van der Waals surface area (Å²) in [5.74, 6) is 0.563. The quantitative estimate of drug-likeness (QED) is 0.871. The van der Waals surface area contributed by atoms with Gasteiger partial charge in [0.1, 0.15) is 11.4 Å². The highest BCUT2D eigenvalue weighted by Gasteiger charge is 2.06. The van der Waals surface area contributed by atoms with E-state index in [0.29, 0.717) is 11.4 Å². The van der Waals surface area contributed by atoms with Crippen LogP contribution in [0.2, 0.25) is 0 Å². The zero-order valence-electron chi connectivity index (χ0n) is 9.88. The van der Waals surface area contributed by atoms with Crippen molar-refractivity contribution in [1.29, 1.82) is 0 Å². The summed E-state index contributed by atoms with van der Waals surface area (Å²) in [6, 6.07) is 10.5. The normalized spacial score (nSPS) is 9.61. The molecular weight excluding hydrogens is 230 g/mol. The molecule has 0 unspecified atom stereocenters. The minimum atomic E-state index is -0.340. The zero-order valence-corrected chi connectivity index (χ0v) is 9.88. The van der Waals surface area contributed by atoms with Crippen LogP contribution in [-0.4, -0.2) is 18.1 Å². The second-order valence-corrected chi connectivity index (χ2v) is 3.52. The molecule has 0 radical (unpaired) electrons. The number of hydrogen-bond donors (Lipinski definition) is 2. The number of urea groups is 1. The predicted octanol–water partition coefficient (Wildman–Crippen LogP) is 2.73. The molecule has 18 heavy (non-hydrogen) atoms. The van der Waals surface area contributed by atoms with Gasteiger partial charge in [-0.1, -0.05) is 18.2 Å². The van der Waals surface area contributed by atoms with Gasteiger partial charge in [0.15, 0.2) is 0 Å². The first-order valence-corrected chi connectivity index (χ1v) is 5.40.